The molecule has 2 N–H and O–H groups in total. The molecule has 0 aromatic carbocycles. The Labute approximate surface area is 144 Å². The lowest BCUT2D eigenvalue weighted by Gasteiger charge is -2.20. The van der Waals surface area contributed by atoms with Gasteiger partial charge in [0.2, 0.25) is 5.91 Å². The van der Waals surface area contributed by atoms with Crippen molar-refractivity contribution in [3.05, 3.63) is 24.2 Å². The number of nitrogens with one attached hydrogen (secondary N) is 2. The second-order valence-corrected chi connectivity index (χ2v) is 6.06. The smallest absolute Gasteiger partial charge is 0.222 e. The molecule has 0 spiro atoms. The molecule has 1 fully saturated rings. The Kier molecular flexibility index (Phi) is 8.21. The summed E-state index contributed by atoms with van der Waals surface area (Å²) in [6.45, 7) is 6.11. The van der Waals surface area contributed by atoms with Gasteiger partial charge in [-0.15, -0.1) is 0 Å². The summed E-state index contributed by atoms with van der Waals surface area (Å²) in [5.74, 6) is 2.10. The van der Waals surface area contributed by atoms with Crippen molar-refractivity contribution in [2.45, 2.75) is 45.4 Å². The summed E-state index contributed by atoms with van der Waals surface area (Å²) >= 11 is 0. The monoisotopic (exact) mass is 334 g/mol. The van der Waals surface area contributed by atoms with Gasteiger partial charge in [-0.1, -0.05) is 6.42 Å². The van der Waals surface area contributed by atoms with Crippen LogP contribution >= 0.6 is 0 Å². The molecule has 6 nitrogen and oxygen atoms in total. The van der Waals surface area contributed by atoms with E-state index < -0.39 is 0 Å². The average Bonchev–Trinajstić information content (AvgIpc) is 3.01. The highest BCUT2D eigenvalue weighted by atomic mass is 16.3. The van der Waals surface area contributed by atoms with E-state index in [1.54, 1.807) is 6.26 Å². The molecule has 1 aromatic rings. The van der Waals surface area contributed by atoms with Crippen LogP contribution in [-0.2, 0) is 11.2 Å². The summed E-state index contributed by atoms with van der Waals surface area (Å²) in [4.78, 5) is 18.5. The molecular weight excluding hydrogens is 304 g/mol. The molecule has 1 saturated heterocycles. The Bertz CT molecular complexity index is 499. The molecule has 0 saturated carbocycles. The van der Waals surface area contributed by atoms with Gasteiger partial charge in [0.1, 0.15) is 5.76 Å². The molecule has 1 aromatic heterocycles. The minimum atomic E-state index is 0.306. The van der Waals surface area contributed by atoms with E-state index in [-0.39, 0.29) is 0 Å². The van der Waals surface area contributed by atoms with Gasteiger partial charge in [-0.05, 0) is 38.3 Å². The number of rotatable bonds is 8. The minimum Gasteiger partial charge on any atom is -0.469 e. The molecule has 0 radical (unpaired) electrons. The Morgan fingerprint density at radius 3 is 3.04 bits per heavy atom. The first-order valence-electron chi connectivity index (χ1n) is 9.12. The maximum absolute atomic E-state index is 12.0. The van der Waals surface area contributed by atoms with Gasteiger partial charge in [0.15, 0.2) is 5.96 Å². The number of aliphatic imine (C=N–C) groups is 1. The zero-order chi connectivity index (χ0) is 17.0. The average molecular weight is 334 g/mol. The first kappa shape index (κ1) is 18.4. The molecule has 0 unspecified atom stereocenters. The van der Waals surface area contributed by atoms with Crippen molar-refractivity contribution in [3.8, 4) is 0 Å². The van der Waals surface area contributed by atoms with E-state index in [2.05, 4.69) is 22.5 Å². The molecule has 0 atom stereocenters. The fraction of sp³-hybridized carbons (Fsp3) is 0.667. The van der Waals surface area contributed by atoms with E-state index in [1.807, 2.05) is 17.0 Å². The van der Waals surface area contributed by atoms with Gasteiger partial charge in [0.05, 0.1) is 6.26 Å². The van der Waals surface area contributed by atoms with Gasteiger partial charge in [-0.25, -0.2) is 0 Å². The number of furan rings is 1. The SMILES string of the molecule is CCNC(=NCCCN1CCCCCC1=O)NCCc1ccco1. The molecule has 134 valence electrons. The van der Waals surface area contributed by atoms with Crippen LogP contribution < -0.4 is 10.6 Å². The number of nitrogens with zero attached hydrogens (tertiary/aromatic N) is 2. The highest BCUT2D eigenvalue weighted by molar-refractivity contribution is 5.79. The van der Waals surface area contributed by atoms with Gasteiger partial charge in [0.25, 0.3) is 0 Å². The first-order valence-corrected chi connectivity index (χ1v) is 9.12. The molecule has 1 aliphatic heterocycles. The normalized spacial score (nSPS) is 16.1. The van der Waals surface area contributed by atoms with Crippen LogP contribution in [0.5, 0.6) is 0 Å². The van der Waals surface area contributed by atoms with Crippen LogP contribution in [0.4, 0.5) is 0 Å². The van der Waals surface area contributed by atoms with E-state index in [0.29, 0.717) is 12.3 Å². The highest BCUT2D eigenvalue weighted by Gasteiger charge is 2.15. The Morgan fingerprint density at radius 1 is 1.33 bits per heavy atom. The third-order valence-corrected chi connectivity index (χ3v) is 4.12. The zero-order valence-electron chi connectivity index (χ0n) is 14.7. The van der Waals surface area contributed by atoms with Crippen molar-refractivity contribution in [2.75, 3.05) is 32.7 Å². The third-order valence-electron chi connectivity index (χ3n) is 4.12. The lowest BCUT2D eigenvalue weighted by Crippen LogP contribution is -2.38. The molecule has 2 heterocycles. The van der Waals surface area contributed by atoms with Gasteiger partial charge in [0, 0.05) is 45.6 Å². The van der Waals surface area contributed by atoms with Crippen LogP contribution in [0.3, 0.4) is 0 Å². The van der Waals surface area contributed by atoms with Crippen molar-refractivity contribution in [3.63, 3.8) is 0 Å². The topological polar surface area (TPSA) is 69.9 Å². The molecule has 2 rings (SSSR count). The summed E-state index contributed by atoms with van der Waals surface area (Å²) in [7, 11) is 0. The lowest BCUT2D eigenvalue weighted by atomic mass is 10.2. The maximum atomic E-state index is 12.0. The molecule has 0 bridgehead atoms. The maximum Gasteiger partial charge on any atom is 0.222 e. The molecule has 24 heavy (non-hydrogen) atoms. The van der Waals surface area contributed by atoms with Crippen LogP contribution in [-0.4, -0.2) is 49.5 Å². The molecule has 1 amide bonds. The number of guanidine groups is 1. The summed E-state index contributed by atoms with van der Waals surface area (Å²) in [6, 6.07) is 3.88. The van der Waals surface area contributed by atoms with Crippen LogP contribution in [0.25, 0.3) is 0 Å². The van der Waals surface area contributed by atoms with E-state index in [1.165, 1.54) is 6.42 Å². The number of amides is 1. The van der Waals surface area contributed by atoms with Gasteiger partial charge >= 0.3 is 0 Å². The first-order chi connectivity index (χ1) is 11.8. The van der Waals surface area contributed by atoms with Crippen molar-refractivity contribution in [1.82, 2.24) is 15.5 Å². The quantitative estimate of drug-likeness (QED) is 0.434. The highest BCUT2D eigenvalue weighted by Crippen LogP contribution is 2.11. The number of carbonyl (C=O) groups excluding carboxylic acids is 1. The van der Waals surface area contributed by atoms with Crippen LogP contribution in [0, 0.1) is 0 Å². The van der Waals surface area contributed by atoms with Crippen molar-refractivity contribution in [1.29, 1.82) is 0 Å². The number of carbonyl (C=O) groups is 1. The van der Waals surface area contributed by atoms with E-state index in [0.717, 1.165) is 70.1 Å². The van der Waals surface area contributed by atoms with E-state index >= 15 is 0 Å². The van der Waals surface area contributed by atoms with E-state index in [9.17, 15) is 4.79 Å². The van der Waals surface area contributed by atoms with Crippen molar-refractivity contribution < 1.29 is 9.21 Å². The predicted octanol–water partition coefficient (Wildman–Crippen LogP) is 2.17. The standard InChI is InChI=1S/C18H30N4O2/c1-2-19-18(21-12-10-16-8-6-15-24-16)20-11-7-14-22-13-5-3-4-9-17(22)23/h6,8,15H,2-5,7,9-14H2,1H3,(H2,19,20,21). The van der Waals surface area contributed by atoms with Gasteiger partial charge < -0.3 is 20.0 Å². The second kappa shape index (κ2) is 10.7. The lowest BCUT2D eigenvalue weighted by molar-refractivity contribution is -0.130. The number of likely N-dealkylation sites (tertiary alicyclic amines) is 1. The second-order valence-electron chi connectivity index (χ2n) is 6.06. The fourth-order valence-corrected chi connectivity index (χ4v) is 2.83. The van der Waals surface area contributed by atoms with Crippen molar-refractivity contribution in [2.24, 2.45) is 4.99 Å². The van der Waals surface area contributed by atoms with Crippen LogP contribution in [0.2, 0.25) is 0 Å². The Morgan fingerprint density at radius 2 is 2.25 bits per heavy atom. The third kappa shape index (κ3) is 6.64. The van der Waals surface area contributed by atoms with E-state index in [4.69, 9.17) is 4.42 Å². The largest absolute Gasteiger partial charge is 0.469 e. The summed E-state index contributed by atoms with van der Waals surface area (Å²) < 4.78 is 5.32. The zero-order valence-corrected chi connectivity index (χ0v) is 14.7. The molecule has 1 aliphatic rings. The van der Waals surface area contributed by atoms with Crippen LogP contribution in [0.1, 0.15) is 44.8 Å². The molecule has 0 aliphatic carbocycles. The van der Waals surface area contributed by atoms with Crippen molar-refractivity contribution >= 4 is 11.9 Å². The van der Waals surface area contributed by atoms with Crippen LogP contribution in [0.15, 0.2) is 27.8 Å². The predicted molar refractivity (Wildman–Crippen MR) is 96.1 cm³/mol. The summed E-state index contributed by atoms with van der Waals surface area (Å²) in [6.07, 6.45) is 7.48. The fourth-order valence-electron chi connectivity index (χ4n) is 2.83. The summed E-state index contributed by atoms with van der Waals surface area (Å²) in [5, 5.41) is 6.56. The molecule has 6 heteroatoms. The number of hydrogen-bond acceptors (Lipinski definition) is 3. The Balaban J connectivity index is 1.68. The summed E-state index contributed by atoms with van der Waals surface area (Å²) in [5.41, 5.74) is 0. The van der Waals surface area contributed by atoms with Gasteiger partial charge in [-0.2, -0.15) is 0 Å². The number of hydrogen-bond donors (Lipinski definition) is 2. The Hall–Kier alpha value is -1.98. The molecular formula is C18H30N4O2. The minimum absolute atomic E-state index is 0.306. The van der Waals surface area contributed by atoms with Gasteiger partial charge in [-0.3, -0.25) is 9.79 Å².